The Morgan fingerprint density at radius 3 is 2.23 bits per heavy atom. The van der Waals surface area contributed by atoms with Gasteiger partial charge in [0.1, 0.15) is 0 Å². The predicted molar refractivity (Wildman–Crippen MR) is 143 cm³/mol. The third-order valence-electron chi connectivity index (χ3n) is 7.57. The Kier molecular flexibility index (Phi) is 7.31. The number of halogens is 2. The molecule has 3 nitrogen and oxygen atoms in total. The third kappa shape index (κ3) is 4.99. The summed E-state index contributed by atoms with van der Waals surface area (Å²) in [4.78, 5) is 27.8. The average molecular weight is 511 g/mol. The SMILES string of the molecule is CCOC(=O)C1=CC[C@H](c2ccc(Cl)cc2)[C@]12C[C@H](C(C)(C)C)C/C(=C\c1ccc(Cl)cc1)C2=O. The van der Waals surface area contributed by atoms with Gasteiger partial charge >= 0.3 is 5.97 Å². The number of allylic oxidation sites excluding steroid dienone is 2. The van der Waals surface area contributed by atoms with E-state index in [0.29, 0.717) is 34.9 Å². The van der Waals surface area contributed by atoms with Crippen molar-refractivity contribution in [1.82, 2.24) is 0 Å². The summed E-state index contributed by atoms with van der Waals surface area (Å²) in [6.07, 6.45) is 5.77. The van der Waals surface area contributed by atoms with Crippen LogP contribution in [-0.2, 0) is 14.3 Å². The quantitative estimate of drug-likeness (QED) is 0.308. The minimum atomic E-state index is -0.978. The minimum absolute atomic E-state index is 0.0182. The van der Waals surface area contributed by atoms with Crippen LogP contribution in [0.4, 0.5) is 0 Å². The topological polar surface area (TPSA) is 43.4 Å². The number of Topliss-reactive ketones (excluding diaryl/α,β-unsaturated/α-hetero) is 1. The molecule has 184 valence electrons. The second-order valence-corrected chi connectivity index (χ2v) is 11.5. The van der Waals surface area contributed by atoms with Gasteiger partial charge in [0.05, 0.1) is 12.0 Å². The van der Waals surface area contributed by atoms with Crippen LogP contribution in [0.25, 0.3) is 6.08 Å². The van der Waals surface area contributed by atoms with E-state index in [1.54, 1.807) is 6.92 Å². The Labute approximate surface area is 218 Å². The monoisotopic (exact) mass is 510 g/mol. The molecular weight excluding hydrogens is 479 g/mol. The normalized spacial score (nSPS) is 25.7. The second-order valence-electron chi connectivity index (χ2n) is 10.7. The molecule has 3 atom stereocenters. The van der Waals surface area contributed by atoms with Gasteiger partial charge in [0.15, 0.2) is 5.78 Å². The summed E-state index contributed by atoms with van der Waals surface area (Å²) in [7, 11) is 0. The molecule has 5 heteroatoms. The first-order valence-electron chi connectivity index (χ1n) is 12.2. The predicted octanol–water partition coefficient (Wildman–Crippen LogP) is 8.07. The number of benzene rings is 2. The smallest absolute Gasteiger partial charge is 0.334 e. The number of hydrogen-bond acceptors (Lipinski definition) is 3. The standard InChI is InChI=1S/C30H32Cl2O3/c1-5-35-28(34)26-15-14-25(20-8-12-24(32)13-9-20)30(26)18-22(29(2,3)4)17-21(27(30)33)16-19-6-10-23(31)11-7-19/h6-13,15-16,22,25H,5,14,17-18H2,1-4H3/b21-16+/t22-,25-,30-/m1/s1. The summed E-state index contributed by atoms with van der Waals surface area (Å²) in [5, 5.41) is 1.29. The van der Waals surface area contributed by atoms with Gasteiger partial charge in [-0.15, -0.1) is 0 Å². The van der Waals surface area contributed by atoms with Crippen LogP contribution in [0.1, 0.15) is 64.0 Å². The molecule has 0 unspecified atom stereocenters. The molecule has 2 aromatic carbocycles. The largest absolute Gasteiger partial charge is 0.463 e. The molecule has 0 saturated heterocycles. The molecular formula is C30H32Cl2O3. The van der Waals surface area contributed by atoms with Crippen molar-refractivity contribution in [1.29, 1.82) is 0 Å². The number of carbonyl (C=O) groups is 2. The number of carbonyl (C=O) groups excluding carboxylic acids is 2. The van der Waals surface area contributed by atoms with E-state index in [1.807, 2.05) is 60.7 Å². The first-order valence-corrected chi connectivity index (χ1v) is 13.0. The number of ketones is 1. The van der Waals surface area contributed by atoms with Crippen molar-refractivity contribution in [2.75, 3.05) is 6.61 Å². The highest BCUT2D eigenvalue weighted by Gasteiger charge is 2.59. The maximum absolute atomic E-state index is 14.5. The molecule has 1 spiro atoms. The zero-order valence-corrected chi connectivity index (χ0v) is 22.2. The lowest BCUT2D eigenvalue weighted by molar-refractivity contribution is -0.143. The van der Waals surface area contributed by atoms with Crippen molar-refractivity contribution in [3.05, 3.63) is 86.9 Å². The lowest BCUT2D eigenvalue weighted by Crippen LogP contribution is -2.47. The summed E-state index contributed by atoms with van der Waals surface area (Å²) in [6, 6.07) is 15.2. The van der Waals surface area contributed by atoms with E-state index in [-0.39, 0.29) is 29.6 Å². The highest BCUT2D eigenvalue weighted by Crippen LogP contribution is 2.60. The van der Waals surface area contributed by atoms with Crippen LogP contribution in [-0.4, -0.2) is 18.4 Å². The van der Waals surface area contributed by atoms with Crippen LogP contribution in [0, 0.1) is 16.7 Å². The molecule has 2 aliphatic carbocycles. The van der Waals surface area contributed by atoms with Gasteiger partial charge in [0.25, 0.3) is 0 Å². The lowest BCUT2D eigenvalue weighted by Gasteiger charge is -2.47. The van der Waals surface area contributed by atoms with E-state index in [1.165, 1.54) is 0 Å². The molecule has 1 fully saturated rings. The van der Waals surface area contributed by atoms with Gasteiger partial charge in [-0.25, -0.2) is 4.79 Å². The van der Waals surface area contributed by atoms with Crippen LogP contribution < -0.4 is 0 Å². The van der Waals surface area contributed by atoms with Gasteiger partial charge < -0.3 is 4.74 Å². The van der Waals surface area contributed by atoms with Gasteiger partial charge in [-0.05, 0) is 84.6 Å². The van der Waals surface area contributed by atoms with Crippen molar-refractivity contribution in [3.8, 4) is 0 Å². The van der Waals surface area contributed by atoms with Crippen molar-refractivity contribution in [2.24, 2.45) is 16.7 Å². The van der Waals surface area contributed by atoms with Crippen LogP contribution >= 0.6 is 23.2 Å². The summed E-state index contributed by atoms with van der Waals surface area (Å²) in [5.74, 6) is -0.336. The van der Waals surface area contributed by atoms with E-state index in [4.69, 9.17) is 27.9 Å². The van der Waals surface area contributed by atoms with Crippen molar-refractivity contribution in [3.63, 3.8) is 0 Å². The zero-order chi connectivity index (χ0) is 25.4. The highest BCUT2D eigenvalue weighted by molar-refractivity contribution is 6.30. The highest BCUT2D eigenvalue weighted by atomic mass is 35.5. The van der Waals surface area contributed by atoms with E-state index >= 15 is 0 Å². The first kappa shape index (κ1) is 25.7. The Morgan fingerprint density at radius 1 is 1.06 bits per heavy atom. The van der Waals surface area contributed by atoms with Crippen LogP contribution in [0.3, 0.4) is 0 Å². The van der Waals surface area contributed by atoms with Crippen molar-refractivity contribution >= 4 is 41.0 Å². The molecule has 35 heavy (non-hydrogen) atoms. The summed E-state index contributed by atoms with van der Waals surface area (Å²) in [6.45, 7) is 8.69. The van der Waals surface area contributed by atoms with Crippen LogP contribution in [0.15, 0.2) is 65.8 Å². The van der Waals surface area contributed by atoms with Gasteiger partial charge in [-0.2, -0.15) is 0 Å². The first-order chi connectivity index (χ1) is 16.6. The molecule has 4 rings (SSSR count). The third-order valence-corrected chi connectivity index (χ3v) is 8.07. The van der Waals surface area contributed by atoms with Crippen molar-refractivity contribution in [2.45, 2.75) is 52.9 Å². The fraction of sp³-hybridized carbons (Fsp3) is 0.400. The van der Waals surface area contributed by atoms with E-state index < -0.39 is 11.4 Å². The molecule has 2 aliphatic rings. The molecule has 0 heterocycles. The van der Waals surface area contributed by atoms with Crippen LogP contribution in [0.5, 0.6) is 0 Å². The second kappa shape index (κ2) is 9.95. The zero-order valence-electron chi connectivity index (χ0n) is 20.7. The van der Waals surface area contributed by atoms with Gasteiger partial charge in [0.2, 0.25) is 0 Å². The molecule has 0 aromatic heterocycles. The summed E-state index contributed by atoms with van der Waals surface area (Å²) >= 11 is 12.3. The molecule has 2 aromatic rings. The van der Waals surface area contributed by atoms with Crippen molar-refractivity contribution < 1.29 is 14.3 Å². The van der Waals surface area contributed by atoms with Gasteiger partial charge in [-0.3, -0.25) is 4.79 Å². The van der Waals surface area contributed by atoms with E-state index in [9.17, 15) is 9.59 Å². The van der Waals surface area contributed by atoms with E-state index in [2.05, 4.69) is 20.8 Å². The number of rotatable bonds is 4. The fourth-order valence-corrected chi connectivity index (χ4v) is 5.88. The van der Waals surface area contributed by atoms with Crippen LogP contribution in [0.2, 0.25) is 10.0 Å². The molecule has 0 bridgehead atoms. The number of ether oxygens (including phenoxy) is 1. The summed E-state index contributed by atoms with van der Waals surface area (Å²) < 4.78 is 5.48. The van der Waals surface area contributed by atoms with Gasteiger partial charge in [0, 0.05) is 21.5 Å². The maximum atomic E-state index is 14.5. The molecule has 0 radical (unpaired) electrons. The number of hydrogen-bond donors (Lipinski definition) is 0. The number of esters is 1. The molecule has 0 N–H and O–H groups in total. The summed E-state index contributed by atoms with van der Waals surface area (Å²) in [5.41, 5.74) is 2.15. The maximum Gasteiger partial charge on any atom is 0.334 e. The Hall–Kier alpha value is -2.36. The molecule has 1 saturated carbocycles. The Bertz CT molecular complexity index is 1170. The van der Waals surface area contributed by atoms with Gasteiger partial charge in [-0.1, -0.05) is 74.3 Å². The molecule has 0 amide bonds. The van der Waals surface area contributed by atoms with E-state index in [0.717, 1.165) is 16.7 Å². The minimum Gasteiger partial charge on any atom is -0.463 e. The fourth-order valence-electron chi connectivity index (χ4n) is 5.62. The molecule has 0 aliphatic heterocycles. The lowest BCUT2D eigenvalue weighted by atomic mass is 9.54. The average Bonchev–Trinajstić information content (AvgIpc) is 3.18. The Balaban J connectivity index is 1.90. The Morgan fingerprint density at radius 2 is 1.66 bits per heavy atom.